The summed E-state index contributed by atoms with van der Waals surface area (Å²) >= 11 is 1.38. The number of hydrogen-bond acceptors (Lipinski definition) is 4. The second-order valence-electron chi connectivity index (χ2n) is 6.16. The minimum absolute atomic E-state index is 0.0622. The van der Waals surface area contributed by atoms with Gasteiger partial charge in [-0.3, -0.25) is 14.2 Å². The van der Waals surface area contributed by atoms with E-state index in [1.54, 1.807) is 11.1 Å². The van der Waals surface area contributed by atoms with Gasteiger partial charge in [0.1, 0.15) is 6.04 Å². The lowest BCUT2D eigenvalue weighted by Gasteiger charge is -2.33. The fourth-order valence-corrected chi connectivity index (χ4v) is 4.00. The molecule has 1 aliphatic rings. The van der Waals surface area contributed by atoms with Gasteiger partial charge in [-0.05, 0) is 37.8 Å². The summed E-state index contributed by atoms with van der Waals surface area (Å²) in [6.45, 7) is 2.64. The number of rotatable bonds is 5. The average Bonchev–Trinajstić information content (AvgIpc) is 3.08. The summed E-state index contributed by atoms with van der Waals surface area (Å²) in [6, 6.07) is 7.56. The zero-order valence-corrected chi connectivity index (χ0v) is 15.0. The lowest BCUT2D eigenvalue weighted by Crippen LogP contribution is -2.51. The highest BCUT2D eigenvalue weighted by Gasteiger charge is 2.30. The van der Waals surface area contributed by atoms with Gasteiger partial charge in [-0.1, -0.05) is 30.0 Å². The van der Waals surface area contributed by atoms with E-state index in [0.29, 0.717) is 13.0 Å². The summed E-state index contributed by atoms with van der Waals surface area (Å²) in [5, 5.41) is 0.760. The Labute approximate surface area is 151 Å². The van der Waals surface area contributed by atoms with Crippen molar-refractivity contribution in [3.8, 4) is 5.69 Å². The first-order valence-corrected chi connectivity index (χ1v) is 9.37. The Morgan fingerprint density at radius 3 is 2.88 bits per heavy atom. The Kier molecular flexibility index (Phi) is 5.43. The molecule has 0 bridgehead atoms. The van der Waals surface area contributed by atoms with Crippen LogP contribution in [0.1, 0.15) is 24.8 Å². The molecule has 6 nitrogen and oxygen atoms in total. The highest BCUT2D eigenvalue weighted by atomic mass is 32.2. The standard InChI is InChI=1S/C18H22N4O2S/c1-13-6-2-3-7-14(13)22-11-9-20-18(22)25-12-16(23)21-10-5-4-8-15(21)17(19)24/h2-3,6-7,9,11,15H,4-5,8,10,12H2,1H3,(H2,19,24). The normalized spacial score (nSPS) is 17.5. The van der Waals surface area contributed by atoms with Crippen LogP contribution in [0.2, 0.25) is 0 Å². The molecule has 0 saturated carbocycles. The Bertz CT molecular complexity index is 774. The number of likely N-dealkylation sites (tertiary alicyclic amines) is 1. The summed E-state index contributed by atoms with van der Waals surface area (Å²) in [5.41, 5.74) is 7.63. The van der Waals surface area contributed by atoms with Crippen LogP contribution >= 0.6 is 11.8 Å². The highest BCUT2D eigenvalue weighted by Crippen LogP contribution is 2.24. The molecule has 1 fully saturated rings. The molecule has 2 amide bonds. The van der Waals surface area contributed by atoms with Crippen LogP contribution in [0.15, 0.2) is 41.8 Å². The fourth-order valence-electron chi connectivity index (χ4n) is 3.15. The first kappa shape index (κ1) is 17.5. The third-order valence-corrected chi connectivity index (χ3v) is 5.41. The van der Waals surface area contributed by atoms with Crippen molar-refractivity contribution in [1.29, 1.82) is 0 Å². The Balaban J connectivity index is 1.70. The number of imidazole rings is 1. The second kappa shape index (κ2) is 7.74. The van der Waals surface area contributed by atoms with Gasteiger partial charge in [0.2, 0.25) is 11.8 Å². The number of nitrogens with zero attached hydrogens (tertiary/aromatic N) is 3. The number of nitrogens with two attached hydrogens (primary N) is 1. The van der Waals surface area contributed by atoms with Gasteiger partial charge >= 0.3 is 0 Å². The van der Waals surface area contributed by atoms with Crippen LogP contribution in [0, 0.1) is 6.92 Å². The van der Waals surface area contributed by atoms with Gasteiger partial charge < -0.3 is 10.6 Å². The molecule has 1 aromatic carbocycles. The van der Waals surface area contributed by atoms with E-state index in [9.17, 15) is 9.59 Å². The van der Waals surface area contributed by atoms with E-state index in [-0.39, 0.29) is 11.7 Å². The number of hydrogen-bond donors (Lipinski definition) is 1. The molecule has 1 aliphatic heterocycles. The van der Waals surface area contributed by atoms with Crippen molar-refractivity contribution in [2.45, 2.75) is 37.4 Å². The smallest absolute Gasteiger partial charge is 0.240 e. The maximum absolute atomic E-state index is 12.6. The van der Waals surface area contributed by atoms with Crippen molar-refractivity contribution in [3.05, 3.63) is 42.2 Å². The molecule has 1 aromatic heterocycles. The van der Waals surface area contributed by atoms with Crippen molar-refractivity contribution in [2.24, 2.45) is 5.73 Å². The molecule has 0 spiro atoms. The molecule has 132 valence electrons. The van der Waals surface area contributed by atoms with Crippen LogP contribution in [-0.4, -0.2) is 44.6 Å². The monoisotopic (exact) mass is 358 g/mol. The summed E-state index contributed by atoms with van der Waals surface area (Å²) in [5.74, 6) is -0.237. The molecular weight excluding hydrogens is 336 g/mol. The number of thioether (sulfide) groups is 1. The van der Waals surface area contributed by atoms with E-state index in [2.05, 4.69) is 4.98 Å². The third kappa shape index (κ3) is 3.87. The molecule has 2 N–H and O–H groups in total. The van der Waals surface area contributed by atoms with Crippen molar-refractivity contribution < 1.29 is 9.59 Å². The predicted molar refractivity (Wildman–Crippen MR) is 97.6 cm³/mol. The first-order valence-electron chi connectivity index (χ1n) is 8.39. The van der Waals surface area contributed by atoms with Crippen molar-refractivity contribution >= 4 is 23.6 Å². The van der Waals surface area contributed by atoms with Gasteiger partial charge in [-0.15, -0.1) is 0 Å². The highest BCUT2D eigenvalue weighted by molar-refractivity contribution is 7.99. The number of carbonyl (C=O) groups is 2. The summed E-state index contributed by atoms with van der Waals surface area (Å²) in [7, 11) is 0. The van der Waals surface area contributed by atoms with Crippen LogP contribution in [0.25, 0.3) is 5.69 Å². The molecule has 0 radical (unpaired) electrons. The lowest BCUT2D eigenvalue weighted by atomic mass is 10.0. The van der Waals surface area contributed by atoms with Crippen LogP contribution in [0.3, 0.4) is 0 Å². The molecule has 3 rings (SSSR count). The minimum Gasteiger partial charge on any atom is -0.368 e. The molecular formula is C18H22N4O2S. The number of carbonyl (C=O) groups excluding carboxylic acids is 2. The fraction of sp³-hybridized carbons (Fsp3) is 0.389. The number of aromatic nitrogens is 2. The van der Waals surface area contributed by atoms with E-state index in [4.69, 9.17) is 5.73 Å². The number of benzene rings is 1. The summed E-state index contributed by atoms with van der Waals surface area (Å²) < 4.78 is 1.98. The number of piperidine rings is 1. The van der Waals surface area contributed by atoms with Crippen LogP contribution in [0.4, 0.5) is 0 Å². The molecule has 0 aliphatic carbocycles. The Morgan fingerprint density at radius 1 is 1.32 bits per heavy atom. The molecule has 1 atom stereocenters. The number of para-hydroxylation sites is 1. The predicted octanol–water partition coefficient (Wildman–Crippen LogP) is 2.14. The lowest BCUT2D eigenvalue weighted by molar-refractivity contribution is -0.138. The Morgan fingerprint density at radius 2 is 2.12 bits per heavy atom. The third-order valence-electron chi connectivity index (χ3n) is 4.46. The Hall–Kier alpha value is -2.28. The van der Waals surface area contributed by atoms with Crippen LogP contribution in [-0.2, 0) is 9.59 Å². The number of amides is 2. The summed E-state index contributed by atoms with van der Waals surface area (Å²) in [4.78, 5) is 30.2. The van der Waals surface area contributed by atoms with Gasteiger partial charge in [0.15, 0.2) is 5.16 Å². The van der Waals surface area contributed by atoms with Crippen LogP contribution in [0.5, 0.6) is 0 Å². The van der Waals surface area contributed by atoms with Crippen LogP contribution < -0.4 is 5.73 Å². The number of aryl methyl sites for hydroxylation is 1. The van der Waals surface area contributed by atoms with E-state index >= 15 is 0 Å². The molecule has 1 unspecified atom stereocenters. The minimum atomic E-state index is -0.474. The van der Waals surface area contributed by atoms with E-state index in [0.717, 1.165) is 29.2 Å². The molecule has 2 heterocycles. The maximum Gasteiger partial charge on any atom is 0.240 e. The van der Waals surface area contributed by atoms with E-state index < -0.39 is 11.9 Å². The first-order chi connectivity index (χ1) is 12.1. The van der Waals surface area contributed by atoms with Gasteiger partial charge in [0.05, 0.1) is 11.4 Å². The SMILES string of the molecule is Cc1ccccc1-n1ccnc1SCC(=O)N1CCCCC1C(N)=O. The van der Waals surface area contributed by atoms with Gasteiger partial charge in [0, 0.05) is 18.9 Å². The largest absolute Gasteiger partial charge is 0.368 e. The van der Waals surface area contributed by atoms with E-state index in [1.165, 1.54) is 11.8 Å². The quantitative estimate of drug-likeness (QED) is 0.830. The van der Waals surface area contributed by atoms with Gasteiger partial charge in [-0.2, -0.15) is 0 Å². The zero-order valence-electron chi connectivity index (χ0n) is 14.2. The summed E-state index contributed by atoms with van der Waals surface area (Å²) in [6.07, 6.45) is 6.12. The molecule has 7 heteroatoms. The molecule has 1 saturated heterocycles. The van der Waals surface area contributed by atoms with Gasteiger partial charge in [-0.25, -0.2) is 4.98 Å². The zero-order chi connectivity index (χ0) is 17.8. The van der Waals surface area contributed by atoms with Crippen molar-refractivity contribution in [3.63, 3.8) is 0 Å². The second-order valence-corrected chi connectivity index (χ2v) is 7.10. The van der Waals surface area contributed by atoms with Gasteiger partial charge in [0.25, 0.3) is 0 Å². The average molecular weight is 358 g/mol. The maximum atomic E-state index is 12.6. The number of primary amides is 1. The topological polar surface area (TPSA) is 81.2 Å². The molecule has 2 aromatic rings. The van der Waals surface area contributed by atoms with Crippen molar-refractivity contribution in [2.75, 3.05) is 12.3 Å². The van der Waals surface area contributed by atoms with E-state index in [1.807, 2.05) is 42.0 Å². The van der Waals surface area contributed by atoms with Crippen molar-refractivity contribution in [1.82, 2.24) is 14.5 Å². The molecule has 25 heavy (non-hydrogen) atoms.